The molecule has 0 aromatic heterocycles. The van der Waals surface area contributed by atoms with Gasteiger partial charge in [0.05, 0.1) is 0 Å². The Morgan fingerprint density at radius 1 is 1.14 bits per heavy atom. The SMILES string of the molecule is FC1=[C]([K])C(F)N(F)N1CC(F)(F)C(F)(F)F.OB(O)O. The van der Waals surface area contributed by atoms with Crippen LogP contribution in [-0.2, 0) is 0 Å². The maximum absolute atomic E-state index is 13.0. The minimum absolute atomic E-state index is 0.682. The van der Waals surface area contributed by atoms with E-state index < -0.39 is 97.1 Å². The molecule has 0 aromatic carbocycles. The van der Waals surface area contributed by atoms with E-state index in [2.05, 4.69) is 0 Å². The molecule has 3 N–H and O–H groups in total. The van der Waals surface area contributed by atoms with E-state index in [9.17, 15) is 35.2 Å². The van der Waals surface area contributed by atoms with Gasteiger partial charge in [-0.2, -0.15) is 0 Å². The predicted octanol–water partition coefficient (Wildman–Crippen LogP) is 0.152. The first-order valence-electron chi connectivity index (χ1n) is 4.94. The third kappa shape index (κ3) is 5.91. The van der Waals surface area contributed by atoms with Crippen molar-refractivity contribution >= 4 is 56.3 Å². The van der Waals surface area contributed by atoms with Gasteiger partial charge < -0.3 is 15.1 Å². The zero-order valence-corrected chi connectivity index (χ0v) is 13.2. The van der Waals surface area contributed by atoms with Crippen molar-refractivity contribution in [2.75, 3.05) is 6.54 Å². The molecule has 0 fully saturated rings. The summed E-state index contributed by atoms with van der Waals surface area (Å²) >= 11 is -0.719. The molecule has 0 saturated heterocycles. The molecule has 0 aliphatic carbocycles. The van der Waals surface area contributed by atoms with Crippen LogP contribution in [0, 0.1) is 0 Å². The van der Waals surface area contributed by atoms with Gasteiger partial charge in [-0.1, -0.05) is 0 Å². The van der Waals surface area contributed by atoms with E-state index in [0.717, 1.165) is 0 Å². The number of alkyl halides is 6. The van der Waals surface area contributed by atoms with Crippen LogP contribution in [0.2, 0.25) is 0 Å². The van der Waals surface area contributed by atoms with Gasteiger partial charge in [-0.15, -0.1) is 0 Å². The average Bonchev–Trinajstić information content (AvgIpc) is 2.44. The number of hydrogen-bond acceptors (Lipinski definition) is 5. The van der Waals surface area contributed by atoms with Crippen LogP contribution in [0.3, 0.4) is 0 Å². The molecule has 0 amide bonds. The minimum atomic E-state index is -5.96. The van der Waals surface area contributed by atoms with Crippen LogP contribution in [0.25, 0.3) is 0 Å². The fourth-order valence-electron chi connectivity index (χ4n) is 1.08. The maximum atomic E-state index is 13.0. The van der Waals surface area contributed by atoms with Gasteiger partial charge in [0.25, 0.3) is 0 Å². The summed E-state index contributed by atoms with van der Waals surface area (Å²) in [7, 11) is -2.17. The zero-order chi connectivity index (χ0) is 17.2. The Labute approximate surface area is 146 Å². The largest absolute Gasteiger partial charge is 0.631 e. The molecule has 0 aromatic rings. The second-order valence-corrected chi connectivity index (χ2v) is 5.39. The van der Waals surface area contributed by atoms with Crippen LogP contribution in [0.5, 0.6) is 0 Å². The van der Waals surface area contributed by atoms with Gasteiger partial charge in [0.15, 0.2) is 0 Å². The normalized spacial score (nSPS) is 20.6. The molecule has 21 heavy (non-hydrogen) atoms. The standard InChI is InChI=1S/C6H3F8N2.BH3O3.K/c7-3-1-4(8)16(14)15(3)2-5(9,10)6(11,12)13;2-1(3)4;/h4H,2H2;2-4H;. The first-order chi connectivity index (χ1) is 9.22. The van der Waals surface area contributed by atoms with Crippen LogP contribution >= 0.6 is 0 Å². The van der Waals surface area contributed by atoms with Crippen molar-refractivity contribution in [1.29, 1.82) is 0 Å². The van der Waals surface area contributed by atoms with E-state index >= 15 is 0 Å². The molecule has 15 heteroatoms. The van der Waals surface area contributed by atoms with E-state index in [4.69, 9.17) is 15.1 Å². The quantitative estimate of drug-likeness (QED) is 0.285. The first kappa shape index (κ1) is 21.5. The summed E-state index contributed by atoms with van der Waals surface area (Å²) in [5, 5.41) is 19.7. The molecule has 1 aliphatic rings. The summed E-state index contributed by atoms with van der Waals surface area (Å²) in [4.78, 5) is 0. The third-order valence-corrected chi connectivity index (χ3v) is 3.48. The fraction of sp³-hybridized carbons (Fsp3) is 0.667. The molecule has 5 nitrogen and oxygen atoms in total. The monoisotopic (exact) mass is 356 g/mol. The van der Waals surface area contributed by atoms with Gasteiger partial charge in [-0.3, -0.25) is 0 Å². The van der Waals surface area contributed by atoms with Crippen molar-refractivity contribution in [2.45, 2.75) is 18.4 Å². The van der Waals surface area contributed by atoms with Crippen LogP contribution in [0.15, 0.2) is 5.62 Å². The van der Waals surface area contributed by atoms with Gasteiger partial charge in [0, 0.05) is 0 Å². The van der Waals surface area contributed by atoms with E-state index in [1.165, 1.54) is 0 Å². The van der Waals surface area contributed by atoms with Gasteiger partial charge in [-0.05, 0) is 0 Å². The second-order valence-electron chi connectivity index (χ2n) is 3.70. The topological polar surface area (TPSA) is 67.2 Å². The summed E-state index contributed by atoms with van der Waals surface area (Å²) in [5.41, 5.74) is 0. The molecule has 1 unspecified atom stereocenters. The van der Waals surface area contributed by atoms with Crippen molar-refractivity contribution in [3.05, 3.63) is 5.62 Å². The molecule has 0 bridgehead atoms. The average molecular weight is 356 g/mol. The fourth-order valence-corrected chi connectivity index (χ4v) is 1.82. The smallest absolute Gasteiger partial charge is 0.402 e. The number of hydrazine groups is 1. The van der Waals surface area contributed by atoms with Crippen LogP contribution in [0.4, 0.5) is 35.2 Å². The summed E-state index contributed by atoms with van der Waals surface area (Å²) in [6.07, 6.45) is -8.59. The minimum Gasteiger partial charge on any atom is -0.402 e. The molecule has 0 spiro atoms. The summed E-state index contributed by atoms with van der Waals surface area (Å²) in [5.74, 6) is -7.06. The zero-order valence-electron chi connectivity index (χ0n) is 10.1. The predicted molar refractivity (Wildman–Crippen MR) is 51.8 cm³/mol. The van der Waals surface area contributed by atoms with Crippen molar-refractivity contribution < 1.29 is 50.3 Å². The third-order valence-electron chi connectivity index (χ3n) is 2.09. The molecular weight excluding hydrogens is 350 g/mol. The van der Waals surface area contributed by atoms with E-state index in [1.807, 2.05) is 0 Å². The first-order valence-corrected chi connectivity index (χ1v) is 6.50. The van der Waals surface area contributed by atoms with Crippen molar-refractivity contribution in [2.24, 2.45) is 0 Å². The molecule has 1 atom stereocenters. The Hall–Kier alpha value is 0.521. The second kappa shape index (κ2) is 7.87. The van der Waals surface area contributed by atoms with Crippen LogP contribution in [0.1, 0.15) is 0 Å². The summed E-state index contributed by atoms with van der Waals surface area (Å²) in [6, 6.07) is 0. The Morgan fingerprint density at radius 2 is 1.52 bits per heavy atom. The van der Waals surface area contributed by atoms with Crippen molar-refractivity contribution in [1.82, 2.24) is 10.2 Å². The van der Waals surface area contributed by atoms with Gasteiger partial charge in [0.2, 0.25) is 0 Å². The van der Waals surface area contributed by atoms with Crippen molar-refractivity contribution in [3.8, 4) is 0 Å². The number of nitrogens with zero attached hydrogens (tertiary/aromatic N) is 2. The molecule has 1 heterocycles. The Kier molecular flexibility index (Phi) is 8.07. The number of halogens is 8. The Morgan fingerprint density at radius 3 is 1.76 bits per heavy atom. The number of hydrogen-bond donors (Lipinski definition) is 3. The molecule has 1 aliphatic heterocycles. The van der Waals surface area contributed by atoms with Gasteiger partial charge >= 0.3 is 132 Å². The van der Waals surface area contributed by atoms with E-state index in [-0.39, 0.29) is 0 Å². The molecule has 0 radical (unpaired) electrons. The Bertz CT molecular complexity index is 392. The van der Waals surface area contributed by atoms with Crippen LogP contribution < -0.4 is 0 Å². The number of rotatable bonds is 2. The Balaban J connectivity index is 0.000000885. The molecule has 118 valence electrons. The molecular formula is C6H6BF8KN2O3. The van der Waals surface area contributed by atoms with Gasteiger partial charge in [0.1, 0.15) is 0 Å². The summed E-state index contributed by atoms with van der Waals surface area (Å²) in [6.45, 7) is -2.33. The molecule has 1 rings (SSSR count). The molecule has 0 saturated carbocycles. The van der Waals surface area contributed by atoms with E-state index in [0.29, 0.717) is 0 Å². The van der Waals surface area contributed by atoms with E-state index in [1.54, 1.807) is 0 Å². The summed E-state index contributed by atoms with van der Waals surface area (Å²) < 4.78 is 98.4. The van der Waals surface area contributed by atoms with Crippen molar-refractivity contribution in [3.63, 3.8) is 0 Å². The van der Waals surface area contributed by atoms with Crippen LogP contribution in [-0.4, -0.2) is 107 Å². The maximum Gasteiger partial charge on any atom is 0.631 e. The van der Waals surface area contributed by atoms with Gasteiger partial charge in [-0.25, -0.2) is 0 Å².